The van der Waals surface area contributed by atoms with Gasteiger partial charge in [-0.3, -0.25) is 4.79 Å². The van der Waals surface area contributed by atoms with Crippen molar-refractivity contribution in [3.8, 4) is 0 Å². The van der Waals surface area contributed by atoms with Crippen LogP contribution in [0.3, 0.4) is 0 Å². The smallest absolute Gasteiger partial charge is 0.253 e. The van der Waals surface area contributed by atoms with E-state index in [1.807, 2.05) is 37.4 Å². The van der Waals surface area contributed by atoms with E-state index in [9.17, 15) is 4.79 Å². The molecule has 2 aromatic rings. The minimum Gasteiger partial charge on any atom is -0.368 e. The number of hydrogen-bond donors (Lipinski definition) is 1. The fraction of sp³-hybridized carbons (Fsp3) is 0.235. The maximum atomic E-state index is 12.5. The van der Waals surface area contributed by atoms with E-state index in [1.165, 1.54) is 11.1 Å². The second kappa shape index (κ2) is 4.67. The zero-order chi connectivity index (χ0) is 14.3. The SMILES string of the molecule is Cc1cc2c(cc1C)N(C)C(=O)C(c1ccccc1)N2. The summed E-state index contributed by atoms with van der Waals surface area (Å²) in [5.41, 5.74) is 5.39. The quantitative estimate of drug-likeness (QED) is 0.857. The van der Waals surface area contributed by atoms with E-state index in [-0.39, 0.29) is 11.9 Å². The number of amides is 1. The highest BCUT2D eigenvalue weighted by molar-refractivity contribution is 6.05. The van der Waals surface area contributed by atoms with Crippen LogP contribution in [0.25, 0.3) is 0 Å². The molecule has 0 fully saturated rings. The Labute approximate surface area is 119 Å². The van der Waals surface area contributed by atoms with Crippen molar-refractivity contribution < 1.29 is 4.79 Å². The van der Waals surface area contributed by atoms with Crippen LogP contribution < -0.4 is 10.2 Å². The van der Waals surface area contributed by atoms with E-state index < -0.39 is 0 Å². The minimum absolute atomic E-state index is 0.0759. The average molecular weight is 266 g/mol. The number of nitrogens with one attached hydrogen (secondary N) is 1. The maximum absolute atomic E-state index is 12.5. The first-order chi connectivity index (χ1) is 9.58. The second-order valence-electron chi connectivity index (χ2n) is 5.34. The number of hydrogen-bond acceptors (Lipinski definition) is 2. The lowest BCUT2D eigenvalue weighted by atomic mass is 9.99. The van der Waals surface area contributed by atoms with Crippen molar-refractivity contribution in [2.24, 2.45) is 0 Å². The summed E-state index contributed by atoms with van der Waals surface area (Å²) in [5.74, 6) is 0.0759. The van der Waals surface area contributed by atoms with Gasteiger partial charge in [0.1, 0.15) is 6.04 Å². The van der Waals surface area contributed by atoms with E-state index in [2.05, 4.69) is 31.3 Å². The molecule has 0 aliphatic carbocycles. The molecule has 0 spiro atoms. The van der Waals surface area contributed by atoms with E-state index in [1.54, 1.807) is 4.90 Å². The number of likely N-dealkylation sites (N-methyl/N-ethyl adjacent to an activating group) is 1. The lowest BCUT2D eigenvalue weighted by Gasteiger charge is -2.34. The third-order valence-corrected chi connectivity index (χ3v) is 3.98. The first-order valence-electron chi connectivity index (χ1n) is 6.78. The monoisotopic (exact) mass is 266 g/mol. The van der Waals surface area contributed by atoms with Crippen molar-refractivity contribution in [3.63, 3.8) is 0 Å². The number of carbonyl (C=O) groups is 1. The molecule has 3 heteroatoms. The third-order valence-electron chi connectivity index (χ3n) is 3.98. The Morgan fingerprint density at radius 1 is 1.05 bits per heavy atom. The first-order valence-corrected chi connectivity index (χ1v) is 6.78. The van der Waals surface area contributed by atoms with Gasteiger partial charge in [0, 0.05) is 7.05 Å². The molecular weight excluding hydrogens is 248 g/mol. The Balaban J connectivity index is 2.07. The highest BCUT2D eigenvalue weighted by atomic mass is 16.2. The summed E-state index contributed by atoms with van der Waals surface area (Å²) >= 11 is 0. The lowest BCUT2D eigenvalue weighted by Crippen LogP contribution is -2.39. The molecule has 0 aromatic heterocycles. The summed E-state index contributed by atoms with van der Waals surface area (Å²) in [6.45, 7) is 4.16. The molecule has 1 N–H and O–H groups in total. The summed E-state index contributed by atoms with van der Waals surface area (Å²) < 4.78 is 0. The number of nitrogens with zero attached hydrogens (tertiary/aromatic N) is 1. The van der Waals surface area contributed by atoms with Crippen LogP contribution in [0.5, 0.6) is 0 Å². The van der Waals surface area contributed by atoms with Crippen LogP contribution in [0.15, 0.2) is 42.5 Å². The fourth-order valence-corrected chi connectivity index (χ4v) is 2.60. The second-order valence-corrected chi connectivity index (χ2v) is 5.34. The van der Waals surface area contributed by atoms with Crippen LogP contribution in [0, 0.1) is 13.8 Å². The summed E-state index contributed by atoms with van der Waals surface area (Å²) in [4.78, 5) is 14.3. The van der Waals surface area contributed by atoms with E-state index in [4.69, 9.17) is 0 Å². The molecule has 1 unspecified atom stereocenters. The Morgan fingerprint density at radius 2 is 1.70 bits per heavy atom. The molecule has 2 aromatic carbocycles. The number of benzene rings is 2. The minimum atomic E-state index is -0.309. The van der Waals surface area contributed by atoms with Crippen molar-refractivity contribution >= 4 is 17.3 Å². The summed E-state index contributed by atoms with van der Waals surface area (Å²) in [7, 11) is 1.84. The Hall–Kier alpha value is -2.29. The van der Waals surface area contributed by atoms with Crippen LogP contribution in [0.4, 0.5) is 11.4 Å². The van der Waals surface area contributed by atoms with E-state index in [0.717, 1.165) is 16.9 Å². The molecule has 1 atom stereocenters. The molecular formula is C17H18N2O. The van der Waals surface area contributed by atoms with E-state index >= 15 is 0 Å². The van der Waals surface area contributed by atoms with Gasteiger partial charge in [0.05, 0.1) is 11.4 Å². The normalized spacial score (nSPS) is 17.6. The van der Waals surface area contributed by atoms with Gasteiger partial charge in [-0.1, -0.05) is 30.3 Å². The van der Waals surface area contributed by atoms with Crippen LogP contribution in [-0.4, -0.2) is 13.0 Å². The van der Waals surface area contributed by atoms with Gasteiger partial charge < -0.3 is 10.2 Å². The molecule has 1 heterocycles. The van der Waals surface area contributed by atoms with Crippen molar-refractivity contribution in [2.75, 3.05) is 17.3 Å². The molecule has 1 aliphatic heterocycles. The highest BCUT2D eigenvalue weighted by Crippen LogP contribution is 2.37. The molecule has 3 nitrogen and oxygen atoms in total. The number of carbonyl (C=O) groups excluding carboxylic acids is 1. The Kier molecular flexibility index (Phi) is 2.97. The first kappa shape index (κ1) is 12.7. The largest absolute Gasteiger partial charge is 0.368 e. The molecule has 0 saturated heterocycles. The van der Waals surface area contributed by atoms with Crippen molar-refractivity contribution in [1.29, 1.82) is 0 Å². The number of anilines is 2. The van der Waals surface area contributed by atoms with Gasteiger partial charge in [-0.05, 0) is 42.7 Å². The lowest BCUT2D eigenvalue weighted by molar-refractivity contribution is -0.119. The zero-order valence-corrected chi connectivity index (χ0v) is 12.0. The Morgan fingerprint density at radius 3 is 2.40 bits per heavy atom. The molecule has 102 valence electrons. The van der Waals surface area contributed by atoms with Gasteiger partial charge in [-0.15, -0.1) is 0 Å². The molecule has 20 heavy (non-hydrogen) atoms. The van der Waals surface area contributed by atoms with E-state index in [0.29, 0.717) is 0 Å². The predicted octanol–water partition coefficient (Wildman–Crippen LogP) is 3.43. The molecule has 1 amide bonds. The average Bonchev–Trinajstić information content (AvgIpc) is 2.46. The van der Waals surface area contributed by atoms with Crippen molar-refractivity contribution in [2.45, 2.75) is 19.9 Å². The number of aryl methyl sites for hydroxylation is 2. The number of rotatable bonds is 1. The van der Waals surface area contributed by atoms with Gasteiger partial charge in [0.2, 0.25) is 0 Å². The van der Waals surface area contributed by atoms with Gasteiger partial charge in [0.15, 0.2) is 0 Å². The van der Waals surface area contributed by atoms with Crippen molar-refractivity contribution in [3.05, 3.63) is 59.2 Å². The molecule has 3 rings (SSSR count). The number of fused-ring (bicyclic) bond motifs is 1. The third kappa shape index (κ3) is 1.95. The van der Waals surface area contributed by atoms with Crippen LogP contribution in [-0.2, 0) is 4.79 Å². The predicted molar refractivity (Wildman–Crippen MR) is 82.1 cm³/mol. The zero-order valence-electron chi connectivity index (χ0n) is 12.0. The van der Waals surface area contributed by atoms with Gasteiger partial charge in [-0.2, -0.15) is 0 Å². The Bertz CT molecular complexity index is 664. The fourth-order valence-electron chi connectivity index (χ4n) is 2.60. The van der Waals surface area contributed by atoms with Gasteiger partial charge in [0.25, 0.3) is 5.91 Å². The summed E-state index contributed by atoms with van der Waals surface area (Å²) in [5, 5.41) is 3.37. The standard InChI is InChI=1S/C17H18N2O/c1-11-9-14-15(10-12(11)2)19(3)17(20)16(18-14)13-7-5-4-6-8-13/h4-10,16,18H,1-3H3. The summed E-state index contributed by atoms with van der Waals surface area (Å²) in [6.07, 6.45) is 0. The molecule has 1 aliphatic rings. The van der Waals surface area contributed by atoms with Crippen LogP contribution in [0.1, 0.15) is 22.7 Å². The highest BCUT2D eigenvalue weighted by Gasteiger charge is 2.31. The topological polar surface area (TPSA) is 32.3 Å². The maximum Gasteiger partial charge on any atom is 0.253 e. The molecule has 0 radical (unpaired) electrons. The van der Waals surface area contributed by atoms with Gasteiger partial charge >= 0.3 is 0 Å². The summed E-state index contributed by atoms with van der Waals surface area (Å²) in [6, 6.07) is 13.7. The molecule has 0 saturated carbocycles. The van der Waals surface area contributed by atoms with Gasteiger partial charge in [-0.25, -0.2) is 0 Å². The molecule has 0 bridgehead atoms. The van der Waals surface area contributed by atoms with Crippen LogP contribution in [0.2, 0.25) is 0 Å². The van der Waals surface area contributed by atoms with Crippen molar-refractivity contribution in [1.82, 2.24) is 0 Å². The van der Waals surface area contributed by atoms with Crippen LogP contribution >= 0.6 is 0 Å².